The normalized spacial score (nSPS) is 24.8. The molecule has 30 heavy (non-hydrogen) atoms. The number of amides is 1. The molecular formula is C23H36N2O5. The molecule has 4 unspecified atom stereocenters. The number of nitrogens with one attached hydrogen (secondary N) is 2. The fourth-order valence-corrected chi connectivity index (χ4v) is 4.13. The number of rotatable bonds is 11. The highest BCUT2D eigenvalue weighted by Gasteiger charge is 2.40. The molecule has 0 spiro atoms. The van der Waals surface area contributed by atoms with E-state index in [1.54, 1.807) is 0 Å². The number of unbranched alkanes of at least 4 members (excludes halogenated alkanes) is 1. The van der Waals surface area contributed by atoms with Crippen LogP contribution in [0.5, 0.6) is 0 Å². The smallest absolute Gasteiger partial charge is 0.328 e. The first-order chi connectivity index (χ1) is 14.5. The molecule has 1 aromatic carbocycles. The molecule has 0 heterocycles. The van der Waals surface area contributed by atoms with Crippen molar-refractivity contribution in [3.05, 3.63) is 35.9 Å². The van der Waals surface area contributed by atoms with Crippen LogP contribution in [0.3, 0.4) is 0 Å². The molecule has 5 atom stereocenters. The Labute approximate surface area is 179 Å². The summed E-state index contributed by atoms with van der Waals surface area (Å²) in [5.41, 5.74) is 0.928. The third kappa shape index (κ3) is 7.38. The number of methoxy groups -OCH3 is 1. The van der Waals surface area contributed by atoms with Crippen molar-refractivity contribution in [2.75, 3.05) is 27.3 Å². The Morgan fingerprint density at radius 3 is 2.57 bits per heavy atom. The number of aliphatic hydroxyl groups excluding tert-OH is 1. The topological polar surface area (TPSA) is 96.9 Å². The predicted octanol–water partition coefficient (Wildman–Crippen LogP) is 1.68. The largest absolute Gasteiger partial charge is 0.467 e. The number of hydrogen-bond donors (Lipinski definition) is 3. The van der Waals surface area contributed by atoms with Crippen molar-refractivity contribution in [1.82, 2.24) is 10.6 Å². The molecule has 3 N–H and O–H groups in total. The van der Waals surface area contributed by atoms with Crippen LogP contribution in [0.1, 0.15) is 38.2 Å². The highest BCUT2D eigenvalue weighted by molar-refractivity contribution is 5.86. The fourth-order valence-electron chi connectivity index (χ4n) is 4.13. The van der Waals surface area contributed by atoms with Crippen LogP contribution >= 0.6 is 0 Å². The van der Waals surface area contributed by atoms with Gasteiger partial charge in [0.15, 0.2) is 0 Å². The number of hydrogen-bond acceptors (Lipinski definition) is 6. The van der Waals surface area contributed by atoms with Gasteiger partial charge in [-0.25, -0.2) is 4.79 Å². The molecule has 7 nitrogen and oxygen atoms in total. The second kappa shape index (κ2) is 12.7. The molecule has 2 rings (SSSR count). The number of ether oxygens (including phenoxy) is 2. The maximum absolute atomic E-state index is 13.0. The minimum Gasteiger partial charge on any atom is -0.467 e. The summed E-state index contributed by atoms with van der Waals surface area (Å²) in [6.45, 7) is 3.57. The van der Waals surface area contributed by atoms with Crippen LogP contribution in [0.4, 0.5) is 0 Å². The Balaban J connectivity index is 1.91. The van der Waals surface area contributed by atoms with E-state index < -0.39 is 24.0 Å². The molecule has 0 aliphatic heterocycles. The molecular weight excluding hydrogens is 384 g/mol. The Morgan fingerprint density at radius 1 is 1.20 bits per heavy atom. The van der Waals surface area contributed by atoms with Crippen molar-refractivity contribution >= 4 is 11.9 Å². The molecule has 0 radical (unpaired) electrons. The van der Waals surface area contributed by atoms with Crippen molar-refractivity contribution in [1.29, 1.82) is 0 Å². The Bertz CT molecular complexity index is 642. The molecule has 1 aliphatic carbocycles. The zero-order chi connectivity index (χ0) is 21.9. The van der Waals surface area contributed by atoms with E-state index in [4.69, 9.17) is 9.47 Å². The lowest BCUT2D eigenvalue weighted by atomic mass is 9.76. The summed E-state index contributed by atoms with van der Waals surface area (Å²) in [5.74, 6) is -1.43. The lowest BCUT2D eigenvalue weighted by Gasteiger charge is -2.37. The summed E-state index contributed by atoms with van der Waals surface area (Å²) in [6.07, 6.45) is 2.64. The Kier molecular flexibility index (Phi) is 10.3. The van der Waals surface area contributed by atoms with Crippen molar-refractivity contribution in [3.8, 4) is 0 Å². The molecule has 0 saturated heterocycles. The van der Waals surface area contributed by atoms with E-state index in [2.05, 4.69) is 10.6 Å². The van der Waals surface area contributed by atoms with Gasteiger partial charge in [-0.1, -0.05) is 37.3 Å². The number of carbonyl (C=O) groups excluding carboxylic acids is 2. The van der Waals surface area contributed by atoms with Crippen LogP contribution in [0.2, 0.25) is 0 Å². The van der Waals surface area contributed by atoms with Gasteiger partial charge in [-0.3, -0.25) is 4.79 Å². The van der Waals surface area contributed by atoms with E-state index in [1.165, 1.54) is 7.11 Å². The molecule has 1 amide bonds. The quantitative estimate of drug-likeness (QED) is 0.372. The third-order valence-corrected chi connectivity index (χ3v) is 5.73. The van der Waals surface area contributed by atoms with Crippen LogP contribution in [0.25, 0.3) is 0 Å². The van der Waals surface area contributed by atoms with E-state index in [0.29, 0.717) is 25.9 Å². The minimum atomic E-state index is -0.800. The van der Waals surface area contributed by atoms with Crippen LogP contribution in [-0.2, 0) is 25.5 Å². The van der Waals surface area contributed by atoms with Crippen molar-refractivity contribution in [3.63, 3.8) is 0 Å². The van der Waals surface area contributed by atoms with Gasteiger partial charge in [0.05, 0.1) is 25.2 Å². The van der Waals surface area contributed by atoms with Crippen molar-refractivity contribution in [2.45, 2.75) is 57.3 Å². The average molecular weight is 421 g/mol. The SMILES string of the molecule is CNCCCCOC1CC(C)C(C(=O)N[C@@H](Cc2ccccc2)C(=O)OC)C(O)C1. The number of esters is 1. The van der Waals surface area contributed by atoms with Gasteiger partial charge < -0.3 is 25.2 Å². The number of aliphatic hydroxyl groups is 1. The first kappa shape index (κ1) is 24.3. The monoisotopic (exact) mass is 420 g/mol. The minimum absolute atomic E-state index is 0.0469. The van der Waals surface area contributed by atoms with Crippen LogP contribution in [0, 0.1) is 11.8 Å². The highest BCUT2D eigenvalue weighted by atomic mass is 16.5. The highest BCUT2D eigenvalue weighted by Crippen LogP contribution is 2.32. The third-order valence-electron chi connectivity index (χ3n) is 5.73. The molecule has 1 aliphatic rings. The lowest BCUT2D eigenvalue weighted by Crippen LogP contribution is -2.52. The summed E-state index contributed by atoms with van der Waals surface area (Å²) in [4.78, 5) is 25.2. The zero-order valence-corrected chi connectivity index (χ0v) is 18.3. The van der Waals surface area contributed by atoms with Gasteiger partial charge >= 0.3 is 5.97 Å². The Morgan fingerprint density at radius 2 is 1.93 bits per heavy atom. The zero-order valence-electron chi connectivity index (χ0n) is 18.3. The van der Waals surface area contributed by atoms with E-state index in [1.807, 2.05) is 44.3 Å². The van der Waals surface area contributed by atoms with Gasteiger partial charge in [0, 0.05) is 19.4 Å². The molecule has 168 valence electrons. The average Bonchev–Trinajstić information content (AvgIpc) is 2.73. The maximum atomic E-state index is 13.0. The van der Waals surface area contributed by atoms with Crippen LogP contribution in [0.15, 0.2) is 30.3 Å². The van der Waals surface area contributed by atoms with Gasteiger partial charge in [-0.05, 0) is 44.3 Å². The van der Waals surface area contributed by atoms with Gasteiger partial charge in [-0.2, -0.15) is 0 Å². The maximum Gasteiger partial charge on any atom is 0.328 e. The predicted molar refractivity (Wildman–Crippen MR) is 115 cm³/mol. The summed E-state index contributed by atoms with van der Waals surface area (Å²) >= 11 is 0. The molecule has 7 heteroatoms. The summed E-state index contributed by atoms with van der Waals surface area (Å²) in [5, 5.41) is 16.6. The summed E-state index contributed by atoms with van der Waals surface area (Å²) in [6, 6.07) is 8.69. The fraction of sp³-hybridized carbons (Fsp3) is 0.652. The van der Waals surface area contributed by atoms with Gasteiger partial charge in [0.2, 0.25) is 5.91 Å². The second-order valence-corrected chi connectivity index (χ2v) is 8.12. The Hall–Kier alpha value is -1.96. The van der Waals surface area contributed by atoms with E-state index >= 15 is 0 Å². The number of carbonyl (C=O) groups is 2. The standard InChI is InChI=1S/C23H36N2O5/c1-16-13-18(30-12-8-7-11-24-2)15-20(26)21(16)22(27)25-19(23(28)29-3)14-17-9-5-4-6-10-17/h4-6,9-10,16,18-21,24,26H,7-8,11-15H2,1-3H3,(H,25,27)/t16?,18?,19-,20?,21?/m0/s1. The van der Waals surface area contributed by atoms with E-state index in [-0.39, 0.29) is 17.9 Å². The van der Waals surface area contributed by atoms with Crippen molar-refractivity contribution in [2.24, 2.45) is 11.8 Å². The summed E-state index contributed by atoms with van der Waals surface area (Å²) in [7, 11) is 3.24. The lowest BCUT2D eigenvalue weighted by molar-refractivity contribution is -0.148. The van der Waals surface area contributed by atoms with Gasteiger partial charge in [-0.15, -0.1) is 0 Å². The molecule has 1 saturated carbocycles. The first-order valence-corrected chi connectivity index (χ1v) is 10.8. The first-order valence-electron chi connectivity index (χ1n) is 10.8. The molecule has 1 fully saturated rings. The number of benzene rings is 1. The van der Waals surface area contributed by atoms with Crippen LogP contribution in [-0.4, -0.2) is 62.5 Å². The van der Waals surface area contributed by atoms with E-state index in [9.17, 15) is 14.7 Å². The van der Waals surface area contributed by atoms with Crippen LogP contribution < -0.4 is 10.6 Å². The van der Waals surface area contributed by atoms with Crippen molar-refractivity contribution < 1.29 is 24.2 Å². The summed E-state index contributed by atoms with van der Waals surface area (Å²) < 4.78 is 10.8. The molecule has 0 bridgehead atoms. The molecule has 0 aromatic heterocycles. The second-order valence-electron chi connectivity index (χ2n) is 8.12. The van der Waals surface area contributed by atoms with Gasteiger partial charge in [0.1, 0.15) is 6.04 Å². The van der Waals surface area contributed by atoms with Gasteiger partial charge in [0.25, 0.3) is 0 Å². The van der Waals surface area contributed by atoms with E-state index in [0.717, 1.165) is 24.9 Å². The molecule has 1 aromatic rings.